The van der Waals surface area contributed by atoms with Crippen LogP contribution in [-0.4, -0.2) is 12.5 Å². The minimum absolute atomic E-state index is 0.0428. The first-order valence-corrected chi connectivity index (χ1v) is 7.77. The Balaban J connectivity index is 1.70. The fraction of sp³-hybridized carbons (Fsp3) is 0.188. The summed E-state index contributed by atoms with van der Waals surface area (Å²) in [4.78, 5) is 12.3. The minimum atomic E-state index is -0.186. The summed E-state index contributed by atoms with van der Waals surface area (Å²) in [6.45, 7) is 0.400. The molecule has 1 aliphatic rings. The van der Waals surface area contributed by atoms with Crippen molar-refractivity contribution in [2.45, 2.75) is 6.42 Å². The molecule has 0 radical (unpaired) electrons. The second kappa shape index (κ2) is 6.08. The SMILES string of the molecule is O=C(Nc1ccc(Cl)c(Br)c1)C1COc2ccccc2C1. The third kappa shape index (κ3) is 3.22. The number of ether oxygens (including phenoxy) is 1. The number of anilines is 1. The molecule has 5 heteroatoms. The number of carbonyl (C=O) groups is 1. The summed E-state index contributed by atoms with van der Waals surface area (Å²) in [6.07, 6.45) is 0.691. The molecule has 0 aliphatic carbocycles. The van der Waals surface area contributed by atoms with Gasteiger partial charge in [-0.3, -0.25) is 4.79 Å². The highest BCUT2D eigenvalue weighted by Gasteiger charge is 2.25. The standard InChI is InChI=1S/C16H13BrClNO2/c17-13-8-12(5-6-14(13)18)19-16(20)11-7-10-3-1-2-4-15(10)21-9-11/h1-6,8,11H,7,9H2,(H,19,20). The van der Waals surface area contributed by atoms with Crippen molar-refractivity contribution in [3.8, 4) is 5.75 Å². The average Bonchev–Trinajstić information content (AvgIpc) is 2.50. The van der Waals surface area contributed by atoms with Gasteiger partial charge in [0.15, 0.2) is 0 Å². The summed E-state index contributed by atoms with van der Waals surface area (Å²) in [5, 5.41) is 3.52. The molecule has 1 unspecified atom stereocenters. The Kier molecular flexibility index (Phi) is 4.17. The highest BCUT2D eigenvalue weighted by molar-refractivity contribution is 9.10. The van der Waals surface area contributed by atoms with Gasteiger partial charge in [0, 0.05) is 10.2 Å². The molecule has 21 heavy (non-hydrogen) atoms. The number of hydrogen-bond donors (Lipinski definition) is 1. The summed E-state index contributed by atoms with van der Waals surface area (Å²) < 4.78 is 6.40. The highest BCUT2D eigenvalue weighted by atomic mass is 79.9. The maximum atomic E-state index is 12.3. The zero-order valence-corrected chi connectivity index (χ0v) is 13.4. The first-order chi connectivity index (χ1) is 10.1. The Hall–Kier alpha value is -1.52. The lowest BCUT2D eigenvalue weighted by atomic mass is 9.96. The second-order valence-corrected chi connectivity index (χ2v) is 6.20. The summed E-state index contributed by atoms with van der Waals surface area (Å²) in [7, 11) is 0. The molecule has 0 aromatic heterocycles. The molecule has 0 spiro atoms. The van der Waals surface area contributed by atoms with E-state index in [0.717, 1.165) is 21.5 Å². The van der Waals surface area contributed by atoms with Crippen molar-refractivity contribution in [1.29, 1.82) is 0 Å². The van der Waals surface area contributed by atoms with Crippen LogP contribution in [0.5, 0.6) is 5.75 Å². The monoisotopic (exact) mass is 365 g/mol. The predicted molar refractivity (Wildman–Crippen MR) is 86.9 cm³/mol. The van der Waals surface area contributed by atoms with Crippen LogP contribution in [0.4, 0.5) is 5.69 Å². The van der Waals surface area contributed by atoms with Gasteiger partial charge in [-0.25, -0.2) is 0 Å². The van der Waals surface area contributed by atoms with Gasteiger partial charge in [0.05, 0.1) is 10.9 Å². The second-order valence-electron chi connectivity index (χ2n) is 4.94. The van der Waals surface area contributed by atoms with E-state index in [2.05, 4.69) is 21.2 Å². The number of carbonyl (C=O) groups excluding carboxylic acids is 1. The van der Waals surface area contributed by atoms with E-state index in [1.165, 1.54) is 0 Å². The average molecular weight is 367 g/mol. The van der Waals surface area contributed by atoms with Crippen LogP contribution >= 0.6 is 27.5 Å². The molecular weight excluding hydrogens is 354 g/mol. The molecule has 3 nitrogen and oxygen atoms in total. The smallest absolute Gasteiger partial charge is 0.231 e. The first-order valence-electron chi connectivity index (χ1n) is 6.60. The van der Waals surface area contributed by atoms with Crippen LogP contribution in [0.3, 0.4) is 0 Å². The van der Waals surface area contributed by atoms with Crippen molar-refractivity contribution < 1.29 is 9.53 Å². The molecule has 1 atom stereocenters. The molecule has 2 aromatic carbocycles. The minimum Gasteiger partial charge on any atom is -0.492 e. The van der Waals surface area contributed by atoms with Crippen LogP contribution in [0.2, 0.25) is 5.02 Å². The van der Waals surface area contributed by atoms with Crippen molar-refractivity contribution in [2.24, 2.45) is 5.92 Å². The molecule has 1 N–H and O–H groups in total. The van der Waals surface area contributed by atoms with E-state index in [0.29, 0.717) is 18.1 Å². The summed E-state index contributed by atoms with van der Waals surface area (Å²) >= 11 is 9.29. The fourth-order valence-electron chi connectivity index (χ4n) is 2.31. The van der Waals surface area contributed by atoms with Crippen molar-refractivity contribution in [2.75, 3.05) is 11.9 Å². The Morgan fingerprint density at radius 2 is 2.10 bits per heavy atom. The van der Waals surface area contributed by atoms with Crippen LogP contribution in [0.1, 0.15) is 5.56 Å². The lowest BCUT2D eigenvalue weighted by molar-refractivity contribution is -0.121. The Morgan fingerprint density at radius 1 is 1.29 bits per heavy atom. The Labute approximate surface area is 136 Å². The lowest BCUT2D eigenvalue weighted by Gasteiger charge is -2.24. The third-order valence-corrected chi connectivity index (χ3v) is 4.65. The topological polar surface area (TPSA) is 38.3 Å². The fourth-order valence-corrected chi connectivity index (χ4v) is 2.81. The van der Waals surface area contributed by atoms with E-state index in [9.17, 15) is 4.79 Å². The van der Waals surface area contributed by atoms with Crippen LogP contribution in [0.25, 0.3) is 0 Å². The zero-order valence-electron chi connectivity index (χ0n) is 11.1. The molecular formula is C16H13BrClNO2. The van der Waals surface area contributed by atoms with Gasteiger partial charge in [-0.2, -0.15) is 0 Å². The Bertz CT molecular complexity index is 690. The number of amides is 1. The van der Waals surface area contributed by atoms with Crippen LogP contribution in [0, 0.1) is 5.92 Å². The van der Waals surface area contributed by atoms with Gasteiger partial charge in [-0.05, 0) is 52.2 Å². The molecule has 0 bridgehead atoms. The van der Waals surface area contributed by atoms with Gasteiger partial charge >= 0.3 is 0 Å². The van der Waals surface area contributed by atoms with Crippen LogP contribution < -0.4 is 10.1 Å². The number of para-hydroxylation sites is 1. The number of halogens is 2. The molecule has 2 aromatic rings. The van der Waals surface area contributed by atoms with E-state index < -0.39 is 0 Å². The van der Waals surface area contributed by atoms with E-state index >= 15 is 0 Å². The van der Waals surface area contributed by atoms with E-state index in [4.69, 9.17) is 16.3 Å². The van der Waals surface area contributed by atoms with Gasteiger partial charge in [-0.15, -0.1) is 0 Å². The number of nitrogens with one attached hydrogen (secondary N) is 1. The van der Waals surface area contributed by atoms with E-state index in [1.54, 1.807) is 18.2 Å². The predicted octanol–water partition coefficient (Wildman–Crippen LogP) is 4.29. The number of rotatable bonds is 2. The number of hydrogen-bond acceptors (Lipinski definition) is 2. The molecule has 0 saturated heterocycles. The zero-order chi connectivity index (χ0) is 14.8. The van der Waals surface area contributed by atoms with Crippen molar-refractivity contribution in [3.05, 3.63) is 57.5 Å². The lowest BCUT2D eigenvalue weighted by Crippen LogP contribution is -2.32. The summed E-state index contributed by atoms with van der Waals surface area (Å²) in [5.41, 5.74) is 1.79. The highest BCUT2D eigenvalue weighted by Crippen LogP contribution is 2.29. The molecule has 1 amide bonds. The molecule has 3 rings (SSSR count). The van der Waals surface area contributed by atoms with Crippen molar-refractivity contribution >= 4 is 39.1 Å². The molecule has 1 aliphatic heterocycles. The summed E-state index contributed by atoms with van der Waals surface area (Å²) in [6, 6.07) is 13.1. The Morgan fingerprint density at radius 3 is 2.90 bits per heavy atom. The maximum absolute atomic E-state index is 12.3. The van der Waals surface area contributed by atoms with Crippen molar-refractivity contribution in [1.82, 2.24) is 0 Å². The number of benzene rings is 2. The van der Waals surface area contributed by atoms with Gasteiger partial charge in [0.25, 0.3) is 0 Å². The summed E-state index contributed by atoms with van der Waals surface area (Å²) in [5.74, 6) is 0.642. The van der Waals surface area contributed by atoms with Gasteiger partial charge in [0.2, 0.25) is 5.91 Å². The molecule has 0 fully saturated rings. The molecule has 0 saturated carbocycles. The largest absolute Gasteiger partial charge is 0.492 e. The van der Waals surface area contributed by atoms with E-state index in [1.807, 2.05) is 24.3 Å². The molecule has 108 valence electrons. The molecule has 1 heterocycles. The quantitative estimate of drug-likeness (QED) is 0.861. The first kappa shape index (κ1) is 14.4. The van der Waals surface area contributed by atoms with Gasteiger partial charge in [0.1, 0.15) is 12.4 Å². The van der Waals surface area contributed by atoms with Crippen LogP contribution in [0.15, 0.2) is 46.9 Å². The third-order valence-electron chi connectivity index (χ3n) is 3.44. The normalized spacial score (nSPS) is 16.8. The van der Waals surface area contributed by atoms with Gasteiger partial charge in [-0.1, -0.05) is 29.8 Å². The van der Waals surface area contributed by atoms with E-state index in [-0.39, 0.29) is 11.8 Å². The number of fused-ring (bicyclic) bond motifs is 1. The maximum Gasteiger partial charge on any atom is 0.231 e. The van der Waals surface area contributed by atoms with Crippen LogP contribution in [-0.2, 0) is 11.2 Å². The van der Waals surface area contributed by atoms with Crippen molar-refractivity contribution in [3.63, 3.8) is 0 Å². The van der Waals surface area contributed by atoms with Gasteiger partial charge < -0.3 is 10.1 Å².